The lowest BCUT2D eigenvalue weighted by Gasteiger charge is -2.09. The molecule has 0 unspecified atom stereocenters. The van der Waals surface area contributed by atoms with Crippen LogP contribution in [0.3, 0.4) is 0 Å². The number of hydrogen-bond donors (Lipinski definition) is 1. The highest BCUT2D eigenvalue weighted by Crippen LogP contribution is 2.29. The number of nitriles is 1. The van der Waals surface area contributed by atoms with Gasteiger partial charge in [-0.25, -0.2) is 4.98 Å². The van der Waals surface area contributed by atoms with Crippen LogP contribution >= 0.6 is 0 Å². The number of anilines is 1. The summed E-state index contributed by atoms with van der Waals surface area (Å²) in [5.74, 6) is -0.226. The zero-order chi connectivity index (χ0) is 16.1. The summed E-state index contributed by atoms with van der Waals surface area (Å²) in [4.78, 5) is 26.1. The number of rotatable bonds is 4. The number of amides is 1. The number of methoxy groups -OCH3 is 1. The number of benzene rings is 1. The SMILES string of the molecule is COc1ccc([N+](=O)[O-])cc1NC(=O)c1ccc(C#N)nc1. The minimum absolute atomic E-state index is 0.172. The zero-order valence-electron chi connectivity index (χ0n) is 11.4. The Kier molecular flexibility index (Phi) is 4.29. The molecule has 0 saturated carbocycles. The molecule has 0 aliphatic carbocycles. The van der Waals surface area contributed by atoms with Gasteiger partial charge < -0.3 is 10.1 Å². The van der Waals surface area contributed by atoms with E-state index in [-0.39, 0.29) is 22.6 Å². The smallest absolute Gasteiger partial charge is 0.271 e. The zero-order valence-corrected chi connectivity index (χ0v) is 11.4. The van der Waals surface area contributed by atoms with Crippen LogP contribution in [-0.4, -0.2) is 22.9 Å². The number of carbonyl (C=O) groups is 1. The maximum atomic E-state index is 12.1. The number of ether oxygens (including phenoxy) is 1. The van der Waals surface area contributed by atoms with Gasteiger partial charge >= 0.3 is 0 Å². The highest BCUT2D eigenvalue weighted by molar-refractivity contribution is 6.05. The van der Waals surface area contributed by atoms with Crippen LogP contribution < -0.4 is 10.1 Å². The van der Waals surface area contributed by atoms with Crippen molar-refractivity contribution >= 4 is 17.3 Å². The number of nitro benzene ring substituents is 1. The number of nitrogens with one attached hydrogen (secondary N) is 1. The molecular formula is C14H10N4O4. The van der Waals surface area contributed by atoms with Gasteiger partial charge in [-0.15, -0.1) is 0 Å². The van der Waals surface area contributed by atoms with Crippen molar-refractivity contribution in [3.05, 3.63) is 57.9 Å². The minimum atomic E-state index is -0.571. The van der Waals surface area contributed by atoms with E-state index >= 15 is 0 Å². The maximum Gasteiger partial charge on any atom is 0.271 e. The number of hydrogen-bond acceptors (Lipinski definition) is 6. The Morgan fingerprint density at radius 3 is 2.73 bits per heavy atom. The van der Waals surface area contributed by atoms with E-state index in [1.54, 1.807) is 0 Å². The van der Waals surface area contributed by atoms with Crippen LogP contribution in [0, 0.1) is 21.4 Å². The first-order chi connectivity index (χ1) is 10.5. The molecule has 0 spiro atoms. The molecule has 0 aliphatic rings. The summed E-state index contributed by atoms with van der Waals surface area (Å²) in [7, 11) is 1.39. The quantitative estimate of drug-likeness (QED) is 0.682. The lowest BCUT2D eigenvalue weighted by atomic mass is 10.2. The molecule has 0 aliphatic heterocycles. The van der Waals surface area contributed by atoms with Crippen LogP contribution in [0.4, 0.5) is 11.4 Å². The van der Waals surface area contributed by atoms with Gasteiger partial charge in [-0.2, -0.15) is 5.26 Å². The van der Waals surface area contributed by atoms with Gasteiger partial charge in [0.1, 0.15) is 17.5 Å². The van der Waals surface area contributed by atoms with Gasteiger partial charge in [0.05, 0.1) is 23.3 Å². The molecule has 1 amide bonds. The molecule has 2 aromatic rings. The predicted molar refractivity (Wildman–Crippen MR) is 76.6 cm³/mol. The molecule has 0 bridgehead atoms. The molecule has 2 rings (SSSR count). The van der Waals surface area contributed by atoms with E-state index in [9.17, 15) is 14.9 Å². The summed E-state index contributed by atoms with van der Waals surface area (Å²) < 4.78 is 5.06. The number of aromatic nitrogens is 1. The Morgan fingerprint density at radius 1 is 1.41 bits per heavy atom. The van der Waals surface area contributed by atoms with Crippen LogP contribution in [0.2, 0.25) is 0 Å². The fourth-order valence-corrected chi connectivity index (χ4v) is 1.70. The van der Waals surface area contributed by atoms with E-state index < -0.39 is 10.8 Å². The highest BCUT2D eigenvalue weighted by atomic mass is 16.6. The molecule has 22 heavy (non-hydrogen) atoms. The summed E-state index contributed by atoms with van der Waals surface area (Å²) in [5, 5.41) is 22.0. The van der Waals surface area contributed by atoms with Gasteiger partial charge in [-0.3, -0.25) is 14.9 Å². The van der Waals surface area contributed by atoms with Crippen molar-refractivity contribution in [3.8, 4) is 11.8 Å². The molecule has 110 valence electrons. The average Bonchev–Trinajstić information content (AvgIpc) is 2.54. The van der Waals surface area contributed by atoms with Crippen molar-refractivity contribution in [2.45, 2.75) is 0 Å². The molecule has 0 saturated heterocycles. The summed E-state index contributed by atoms with van der Waals surface area (Å²) in [6, 6.07) is 8.55. The first kappa shape index (κ1) is 14.9. The van der Waals surface area contributed by atoms with E-state index in [0.717, 1.165) is 0 Å². The maximum absolute atomic E-state index is 12.1. The van der Waals surface area contributed by atoms with Crippen LogP contribution in [-0.2, 0) is 0 Å². The van der Waals surface area contributed by atoms with Gasteiger partial charge in [0.2, 0.25) is 0 Å². The van der Waals surface area contributed by atoms with Crippen molar-refractivity contribution in [2.75, 3.05) is 12.4 Å². The third-order valence-electron chi connectivity index (χ3n) is 2.78. The molecular weight excluding hydrogens is 288 g/mol. The predicted octanol–water partition coefficient (Wildman–Crippen LogP) is 2.12. The number of non-ortho nitro benzene ring substituents is 1. The van der Waals surface area contributed by atoms with E-state index in [4.69, 9.17) is 10.00 Å². The molecule has 1 aromatic heterocycles. The monoisotopic (exact) mass is 298 g/mol. The van der Waals surface area contributed by atoms with Crippen LogP contribution in [0.1, 0.15) is 16.1 Å². The lowest BCUT2D eigenvalue weighted by Crippen LogP contribution is -2.13. The molecule has 0 fully saturated rings. The van der Waals surface area contributed by atoms with Gasteiger partial charge in [-0.05, 0) is 18.2 Å². The van der Waals surface area contributed by atoms with Crippen molar-refractivity contribution in [1.29, 1.82) is 5.26 Å². The van der Waals surface area contributed by atoms with Crippen molar-refractivity contribution in [2.24, 2.45) is 0 Å². The van der Waals surface area contributed by atoms with Crippen molar-refractivity contribution in [3.63, 3.8) is 0 Å². The third kappa shape index (κ3) is 3.16. The van der Waals surface area contributed by atoms with E-state index in [0.29, 0.717) is 5.75 Å². The number of carbonyl (C=O) groups excluding carboxylic acids is 1. The third-order valence-corrected chi connectivity index (χ3v) is 2.78. The molecule has 8 nitrogen and oxygen atoms in total. The summed E-state index contributed by atoms with van der Waals surface area (Å²) >= 11 is 0. The number of nitrogens with zero attached hydrogens (tertiary/aromatic N) is 3. The Labute approximate surface area is 125 Å². The second-order valence-corrected chi connectivity index (χ2v) is 4.14. The summed E-state index contributed by atoms with van der Waals surface area (Å²) in [6.07, 6.45) is 1.25. The van der Waals surface area contributed by atoms with Gasteiger partial charge in [0.25, 0.3) is 11.6 Å². The van der Waals surface area contributed by atoms with Crippen LogP contribution in [0.25, 0.3) is 0 Å². The summed E-state index contributed by atoms with van der Waals surface area (Å²) in [5.41, 5.74) is 0.400. The molecule has 0 atom stereocenters. The Morgan fingerprint density at radius 2 is 2.18 bits per heavy atom. The first-order valence-corrected chi connectivity index (χ1v) is 6.05. The van der Waals surface area contributed by atoms with Gasteiger partial charge in [0.15, 0.2) is 0 Å². The van der Waals surface area contributed by atoms with E-state index in [1.165, 1.54) is 43.6 Å². The Bertz CT molecular complexity index is 765. The molecule has 1 N–H and O–H groups in total. The van der Waals surface area contributed by atoms with Crippen molar-refractivity contribution in [1.82, 2.24) is 4.98 Å². The molecule has 1 heterocycles. The Hall–Kier alpha value is -3.47. The number of pyridine rings is 1. The molecule has 0 radical (unpaired) electrons. The second-order valence-electron chi connectivity index (χ2n) is 4.14. The minimum Gasteiger partial charge on any atom is -0.495 e. The first-order valence-electron chi connectivity index (χ1n) is 6.05. The fourth-order valence-electron chi connectivity index (χ4n) is 1.70. The Balaban J connectivity index is 2.28. The van der Waals surface area contributed by atoms with E-state index in [2.05, 4.69) is 10.3 Å². The highest BCUT2D eigenvalue weighted by Gasteiger charge is 2.14. The topological polar surface area (TPSA) is 118 Å². The number of nitro groups is 1. The van der Waals surface area contributed by atoms with Gasteiger partial charge in [0, 0.05) is 18.3 Å². The lowest BCUT2D eigenvalue weighted by molar-refractivity contribution is -0.384. The van der Waals surface area contributed by atoms with Crippen LogP contribution in [0.15, 0.2) is 36.5 Å². The summed E-state index contributed by atoms with van der Waals surface area (Å²) in [6.45, 7) is 0. The normalized spacial score (nSPS) is 9.64. The largest absolute Gasteiger partial charge is 0.495 e. The average molecular weight is 298 g/mol. The standard InChI is InChI=1S/C14H10N4O4/c1-22-13-5-4-11(18(20)21)6-12(13)17-14(19)9-2-3-10(7-15)16-8-9/h2-6,8H,1H3,(H,17,19). The molecule has 1 aromatic carbocycles. The fraction of sp³-hybridized carbons (Fsp3) is 0.0714. The second kappa shape index (κ2) is 6.32. The van der Waals surface area contributed by atoms with Gasteiger partial charge in [-0.1, -0.05) is 0 Å². The van der Waals surface area contributed by atoms with E-state index in [1.807, 2.05) is 6.07 Å². The molecule has 8 heteroatoms. The van der Waals surface area contributed by atoms with Crippen molar-refractivity contribution < 1.29 is 14.5 Å². The van der Waals surface area contributed by atoms with Crippen LogP contribution in [0.5, 0.6) is 5.75 Å².